The molecule has 22 heavy (non-hydrogen) atoms. The number of piperidine rings is 1. The van der Waals surface area contributed by atoms with Crippen molar-refractivity contribution in [2.24, 2.45) is 0 Å². The Labute approximate surface area is 134 Å². The maximum atomic E-state index is 5.41. The van der Waals surface area contributed by atoms with Crippen molar-refractivity contribution in [1.29, 1.82) is 0 Å². The normalized spacial score (nSPS) is 16.6. The molecule has 2 aromatic heterocycles. The van der Waals surface area contributed by atoms with E-state index >= 15 is 0 Å². The highest BCUT2D eigenvalue weighted by atomic mass is 32.1. The average Bonchev–Trinajstić information content (AvgIpc) is 3.03. The smallest absolute Gasteiger partial charge is 0.218 e. The second-order valence-electron chi connectivity index (χ2n) is 5.34. The van der Waals surface area contributed by atoms with Gasteiger partial charge >= 0.3 is 0 Å². The minimum Gasteiger partial charge on any atom is -0.478 e. The number of thiazole rings is 1. The SMILES string of the molecule is CCOc1cc(NC2CCN(Cc3cncs3)CC2)ncn1. The van der Waals surface area contributed by atoms with Crippen molar-refractivity contribution >= 4 is 17.2 Å². The van der Waals surface area contributed by atoms with Crippen LogP contribution in [0.1, 0.15) is 24.6 Å². The molecular weight excluding hydrogens is 298 g/mol. The molecule has 0 bridgehead atoms. The van der Waals surface area contributed by atoms with E-state index in [-0.39, 0.29) is 0 Å². The van der Waals surface area contributed by atoms with Gasteiger partial charge in [0.25, 0.3) is 0 Å². The van der Waals surface area contributed by atoms with Crippen LogP contribution < -0.4 is 10.1 Å². The lowest BCUT2D eigenvalue weighted by Gasteiger charge is -2.32. The minimum absolute atomic E-state index is 0.460. The predicted molar refractivity (Wildman–Crippen MR) is 87.2 cm³/mol. The second-order valence-corrected chi connectivity index (χ2v) is 6.31. The summed E-state index contributed by atoms with van der Waals surface area (Å²) in [6.07, 6.45) is 5.75. The topological polar surface area (TPSA) is 63.2 Å². The molecule has 1 fully saturated rings. The Kier molecular flexibility index (Phi) is 5.18. The molecule has 0 unspecified atom stereocenters. The Morgan fingerprint density at radius 2 is 2.23 bits per heavy atom. The van der Waals surface area contributed by atoms with Gasteiger partial charge in [0.2, 0.25) is 5.88 Å². The van der Waals surface area contributed by atoms with Crippen LogP contribution in [0.15, 0.2) is 24.1 Å². The molecule has 0 aliphatic carbocycles. The summed E-state index contributed by atoms with van der Waals surface area (Å²) >= 11 is 1.73. The van der Waals surface area contributed by atoms with Crippen LogP contribution in [0.25, 0.3) is 0 Å². The molecule has 3 rings (SSSR count). The Morgan fingerprint density at radius 3 is 2.95 bits per heavy atom. The monoisotopic (exact) mass is 319 g/mol. The van der Waals surface area contributed by atoms with Crippen LogP contribution in [0.3, 0.4) is 0 Å². The molecule has 0 spiro atoms. The average molecular weight is 319 g/mol. The number of hydrogen-bond donors (Lipinski definition) is 1. The van der Waals surface area contributed by atoms with Gasteiger partial charge in [-0.2, -0.15) is 0 Å². The molecule has 118 valence electrons. The van der Waals surface area contributed by atoms with Crippen molar-refractivity contribution in [2.75, 3.05) is 25.0 Å². The van der Waals surface area contributed by atoms with Gasteiger partial charge in [-0.25, -0.2) is 9.97 Å². The first-order valence-electron chi connectivity index (χ1n) is 7.64. The summed E-state index contributed by atoms with van der Waals surface area (Å²) in [6.45, 7) is 5.78. The first-order chi connectivity index (χ1) is 10.8. The number of ether oxygens (including phenoxy) is 1. The fourth-order valence-electron chi connectivity index (χ4n) is 2.63. The van der Waals surface area contributed by atoms with Crippen molar-refractivity contribution in [2.45, 2.75) is 32.4 Å². The summed E-state index contributed by atoms with van der Waals surface area (Å²) in [5, 5.41) is 3.49. The predicted octanol–water partition coefficient (Wildman–Crippen LogP) is 2.41. The quantitative estimate of drug-likeness (QED) is 0.882. The van der Waals surface area contributed by atoms with E-state index in [4.69, 9.17) is 4.74 Å². The Bertz CT molecular complexity index is 569. The zero-order chi connectivity index (χ0) is 15.2. The number of likely N-dealkylation sites (tertiary alicyclic amines) is 1. The van der Waals surface area contributed by atoms with Crippen LogP contribution in [0.2, 0.25) is 0 Å². The number of hydrogen-bond acceptors (Lipinski definition) is 7. The summed E-state index contributed by atoms with van der Waals surface area (Å²) in [4.78, 5) is 16.3. The van der Waals surface area contributed by atoms with E-state index in [1.807, 2.05) is 24.7 Å². The van der Waals surface area contributed by atoms with Crippen LogP contribution in [0.4, 0.5) is 5.82 Å². The highest BCUT2D eigenvalue weighted by Crippen LogP contribution is 2.19. The molecule has 0 atom stereocenters. The maximum Gasteiger partial charge on any atom is 0.218 e. The van der Waals surface area contributed by atoms with E-state index in [1.54, 1.807) is 17.7 Å². The van der Waals surface area contributed by atoms with Crippen LogP contribution >= 0.6 is 11.3 Å². The highest BCUT2D eigenvalue weighted by Gasteiger charge is 2.19. The molecule has 1 aliphatic heterocycles. The van der Waals surface area contributed by atoms with Gasteiger partial charge in [-0.05, 0) is 19.8 Å². The number of aromatic nitrogens is 3. The third-order valence-electron chi connectivity index (χ3n) is 3.74. The number of rotatable bonds is 6. The fraction of sp³-hybridized carbons (Fsp3) is 0.533. The second kappa shape index (κ2) is 7.51. The Morgan fingerprint density at radius 1 is 1.36 bits per heavy atom. The minimum atomic E-state index is 0.460. The van der Waals surface area contributed by atoms with E-state index < -0.39 is 0 Å². The Balaban J connectivity index is 1.48. The summed E-state index contributed by atoms with van der Waals surface area (Å²) in [6, 6.07) is 2.33. The van der Waals surface area contributed by atoms with Crippen molar-refractivity contribution in [3.63, 3.8) is 0 Å². The van der Waals surface area contributed by atoms with Gasteiger partial charge in [0.05, 0.1) is 12.1 Å². The number of anilines is 1. The lowest BCUT2D eigenvalue weighted by Crippen LogP contribution is -2.38. The largest absolute Gasteiger partial charge is 0.478 e. The van der Waals surface area contributed by atoms with Gasteiger partial charge in [0.15, 0.2) is 0 Å². The van der Waals surface area contributed by atoms with Gasteiger partial charge in [0, 0.05) is 42.8 Å². The molecule has 0 aromatic carbocycles. The molecule has 0 amide bonds. The van der Waals surface area contributed by atoms with Gasteiger partial charge in [-0.1, -0.05) is 0 Å². The van der Waals surface area contributed by atoms with E-state index in [9.17, 15) is 0 Å². The highest BCUT2D eigenvalue weighted by molar-refractivity contribution is 7.09. The zero-order valence-corrected chi connectivity index (χ0v) is 13.6. The van der Waals surface area contributed by atoms with Crippen LogP contribution in [-0.2, 0) is 6.54 Å². The molecule has 2 aromatic rings. The molecule has 0 saturated carbocycles. The number of nitrogens with zero attached hydrogens (tertiary/aromatic N) is 4. The summed E-state index contributed by atoms with van der Waals surface area (Å²) in [5.74, 6) is 1.47. The first kappa shape index (κ1) is 15.2. The van der Waals surface area contributed by atoms with E-state index in [0.717, 1.165) is 38.3 Å². The van der Waals surface area contributed by atoms with Gasteiger partial charge < -0.3 is 10.1 Å². The van der Waals surface area contributed by atoms with E-state index in [2.05, 4.69) is 25.2 Å². The van der Waals surface area contributed by atoms with Gasteiger partial charge in [-0.15, -0.1) is 11.3 Å². The van der Waals surface area contributed by atoms with Gasteiger partial charge in [0.1, 0.15) is 12.1 Å². The molecular formula is C15H21N5OS. The lowest BCUT2D eigenvalue weighted by atomic mass is 10.1. The third kappa shape index (κ3) is 4.14. The molecule has 3 heterocycles. The summed E-state index contributed by atoms with van der Waals surface area (Å²) < 4.78 is 5.41. The maximum absolute atomic E-state index is 5.41. The summed E-state index contributed by atoms with van der Waals surface area (Å²) in [7, 11) is 0. The zero-order valence-electron chi connectivity index (χ0n) is 12.7. The fourth-order valence-corrected chi connectivity index (χ4v) is 3.27. The molecule has 6 nitrogen and oxygen atoms in total. The van der Waals surface area contributed by atoms with Crippen molar-refractivity contribution in [3.05, 3.63) is 29.0 Å². The lowest BCUT2D eigenvalue weighted by molar-refractivity contribution is 0.212. The summed E-state index contributed by atoms with van der Waals surface area (Å²) in [5.41, 5.74) is 1.90. The van der Waals surface area contributed by atoms with E-state index in [1.165, 1.54) is 4.88 Å². The standard InChI is InChI=1S/C15H21N5OS/c1-2-21-15-7-14(17-10-18-15)19-12-3-5-20(6-4-12)9-13-8-16-11-22-13/h7-8,10-12H,2-6,9H2,1H3,(H,17,18,19). The van der Waals surface area contributed by atoms with Crippen molar-refractivity contribution in [3.8, 4) is 5.88 Å². The van der Waals surface area contributed by atoms with Gasteiger partial charge in [-0.3, -0.25) is 9.88 Å². The first-order valence-corrected chi connectivity index (χ1v) is 8.52. The van der Waals surface area contributed by atoms with Crippen LogP contribution in [0.5, 0.6) is 5.88 Å². The molecule has 1 N–H and O–H groups in total. The Hall–Kier alpha value is -1.73. The molecule has 1 aliphatic rings. The van der Waals surface area contributed by atoms with Crippen LogP contribution in [0, 0.1) is 0 Å². The molecule has 1 saturated heterocycles. The van der Waals surface area contributed by atoms with Crippen molar-refractivity contribution in [1.82, 2.24) is 19.9 Å². The van der Waals surface area contributed by atoms with Crippen molar-refractivity contribution < 1.29 is 4.74 Å². The molecule has 0 radical (unpaired) electrons. The molecule has 7 heteroatoms. The third-order valence-corrected chi connectivity index (χ3v) is 4.50. The number of nitrogens with one attached hydrogen (secondary N) is 1. The van der Waals surface area contributed by atoms with Crippen LogP contribution in [-0.4, -0.2) is 45.6 Å². The van der Waals surface area contributed by atoms with E-state index in [0.29, 0.717) is 18.5 Å².